The lowest BCUT2D eigenvalue weighted by atomic mass is 10.2. The topological polar surface area (TPSA) is 58.6 Å². The lowest BCUT2D eigenvalue weighted by molar-refractivity contribution is 0.180. The summed E-state index contributed by atoms with van der Waals surface area (Å²) in [5.41, 5.74) is 1.06. The van der Waals surface area contributed by atoms with Crippen LogP contribution in [0.5, 0.6) is 0 Å². The summed E-state index contributed by atoms with van der Waals surface area (Å²) >= 11 is 0. The molecular formula is C13H22N2O3S. The van der Waals surface area contributed by atoms with Crippen molar-refractivity contribution < 1.29 is 13.2 Å². The van der Waals surface area contributed by atoms with Gasteiger partial charge in [-0.1, -0.05) is 19.1 Å². The van der Waals surface area contributed by atoms with Gasteiger partial charge in [-0.15, -0.1) is 0 Å². The number of benzene rings is 1. The monoisotopic (exact) mass is 286 g/mol. The molecule has 1 rings (SSSR count). The average molecular weight is 286 g/mol. The van der Waals surface area contributed by atoms with Gasteiger partial charge in [-0.2, -0.15) is 4.31 Å². The summed E-state index contributed by atoms with van der Waals surface area (Å²) in [5, 5.41) is 3.03. The van der Waals surface area contributed by atoms with Crippen LogP contribution in [0.25, 0.3) is 0 Å². The van der Waals surface area contributed by atoms with Crippen LogP contribution in [0.1, 0.15) is 12.5 Å². The Morgan fingerprint density at radius 2 is 1.89 bits per heavy atom. The highest BCUT2D eigenvalue weighted by atomic mass is 32.2. The molecule has 0 saturated heterocycles. The minimum absolute atomic E-state index is 0.324. The van der Waals surface area contributed by atoms with Gasteiger partial charge >= 0.3 is 0 Å². The van der Waals surface area contributed by atoms with Gasteiger partial charge in [0.25, 0.3) is 0 Å². The van der Waals surface area contributed by atoms with E-state index in [1.54, 1.807) is 19.2 Å². The van der Waals surface area contributed by atoms with Crippen LogP contribution in [0, 0.1) is 0 Å². The van der Waals surface area contributed by atoms with Gasteiger partial charge in [0.2, 0.25) is 10.0 Å². The van der Waals surface area contributed by atoms with E-state index >= 15 is 0 Å². The number of likely N-dealkylation sites (N-methyl/N-ethyl adjacent to an activating group) is 1. The second-order valence-electron chi connectivity index (χ2n) is 4.16. The van der Waals surface area contributed by atoms with E-state index in [0.29, 0.717) is 24.6 Å². The van der Waals surface area contributed by atoms with Crippen molar-refractivity contribution >= 4 is 10.0 Å². The van der Waals surface area contributed by atoms with E-state index in [1.807, 2.05) is 26.1 Å². The van der Waals surface area contributed by atoms with Crippen LogP contribution in [0.4, 0.5) is 0 Å². The predicted molar refractivity (Wildman–Crippen MR) is 75.5 cm³/mol. The zero-order valence-electron chi connectivity index (χ0n) is 11.7. The molecule has 6 heteroatoms. The number of ether oxygens (including phenoxy) is 1. The van der Waals surface area contributed by atoms with Crippen molar-refractivity contribution in [3.8, 4) is 0 Å². The zero-order valence-corrected chi connectivity index (χ0v) is 12.5. The molecule has 0 aliphatic carbocycles. The second kappa shape index (κ2) is 7.59. The predicted octanol–water partition coefficient (Wildman–Crippen LogP) is 1.06. The molecule has 0 aromatic heterocycles. The molecule has 0 aliphatic rings. The third-order valence-electron chi connectivity index (χ3n) is 2.84. The standard InChI is InChI=1S/C13H22N2O3S/c1-4-15(9-10-18-3)19(16,17)13-7-5-12(6-8-13)11-14-2/h5-8,14H,4,9-11H2,1-3H3. The highest BCUT2D eigenvalue weighted by Crippen LogP contribution is 2.16. The van der Waals surface area contributed by atoms with Gasteiger partial charge in [0.05, 0.1) is 11.5 Å². The van der Waals surface area contributed by atoms with Gasteiger partial charge in [-0.05, 0) is 24.7 Å². The molecule has 0 bridgehead atoms. The van der Waals surface area contributed by atoms with Crippen molar-refractivity contribution in [1.82, 2.24) is 9.62 Å². The van der Waals surface area contributed by atoms with Crippen LogP contribution in [0.2, 0.25) is 0 Å². The Morgan fingerprint density at radius 1 is 1.26 bits per heavy atom. The van der Waals surface area contributed by atoms with E-state index in [4.69, 9.17) is 4.74 Å². The van der Waals surface area contributed by atoms with Crippen molar-refractivity contribution in [2.45, 2.75) is 18.4 Å². The van der Waals surface area contributed by atoms with E-state index in [1.165, 1.54) is 4.31 Å². The number of rotatable bonds is 8. The maximum Gasteiger partial charge on any atom is 0.243 e. The summed E-state index contributed by atoms with van der Waals surface area (Å²) in [7, 11) is -0.00428. The fraction of sp³-hybridized carbons (Fsp3) is 0.538. The molecule has 0 heterocycles. The first-order valence-corrected chi connectivity index (χ1v) is 7.73. The molecule has 0 fully saturated rings. The minimum Gasteiger partial charge on any atom is -0.383 e. The molecule has 1 aromatic rings. The molecule has 0 aliphatic heterocycles. The summed E-state index contributed by atoms with van der Waals surface area (Å²) in [6.45, 7) is 3.74. The highest BCUT2D eigenvalue weighted by molar-refractivity contribution is 7.89. The van der Waals surface area contributed by atoms with Crippen molar-refractivity contribution in [2.24, 2.45) is 0 Å². The lowest BCUT2D eigenvalue weighted by Crippen LogP contribution is -2.33. The third-order valence-corrected chi connectivity index (χ3v) is 4.83. The zero-order chi connectivity index (χ0) is 14.3. The van der Waals surface area contributed by atoms with E-state index in [9.17, 15) is 8.42 Å². The largest absolute Gasteiger partial charge is 0.383 e. The number of methoxy groups -OCH3 is 1. The van der Waals surface area contributed by atoms with Gasteiger partial charge in [-0.25, -0.2) is 8.42 Å². The molecule has 19 heavy (non-hydrogen) atoms. The second-order valence-corrected chi connectivity index (χ2v) is 6.10. The SMILES string of the molecule is CCN(CCOC)S(=O)(=O)c1ccc(CNC)cc1. The number of hydrogen-bond donors (Lipinski definition) is 1. The molecule has 1 aromatic carbocycles. The summed E-state index contributed by atoms with van der Waals surface area (Å²) < 4.78 is 31.1. The van der Waals surface area contributed by atoms with Crippen LogP contribution in [-0.4, -0.2) is 46.6 Å². The Hall–Kier alpha value is -0.950. The molecular weight excluding hydrogens is 264 g/mol. The molecule has 0 spiro atoms. The fourth-order valence-corrected chi connectivity index (χ4v) is 3.21. The number of nitrogens with one attached hydrogen (secondary N) is 1. The highest BCUT2D eigenvalue weighted by Gasteiger charge is 2.22. The van der Waals surface area contributed by atoms with Crippen molar-refractivity contribution in [2.75, 3.05) is 33.9 Å². The summed E-state index contributed by atoms with van der Waals surface area (Å²) in [4.78, 5) is 0.324. The van der Waals surface area contributed by atoms with Crippen molar-refractivity contribution in [3.05, 3.63) is 29.8 Å². The van der Waals surface area contributed by atoms with Gasteiger partial charge in [0.15, 0.2) is 0 Å². The fourth-order valence-electron chi connectivity index (χ4n) is 1.77. The average Bonchev–Trinajstić information content (AvgIpc) is 2.40. The molecule has 1 N–H and O–H groups in total. The van der Waals surface area contributed by atoms with Crippen LogP contribution in [0.3, 0.4) is 0 Å². The first kappa shape index (κ1) is 16.1. The van der Waals surface area contributed by atoms with Crippen molar-refractivity contribution in [1.29, 1.82) is 0 Å². The van der Waals surface area contributed by atoms with Crippen LogP contribution < -0.4 is 5.32 Å². The normalized spacial score (nSPS) is 12.0. The first-order chi connectivity index (χ1) is 9.06. The maximum absolute atomic E-state index is 12.4. The van der Waals surface area contributed by atoms with Crippen LogP contribution in [0.15, 0.2) is 29.2 Å². The van der Waals surface area contributed by atoms with Gasteiger partial charge in [-0.3, -0.25) is 0 Å². The molecule has 0 unspecified atom stereocenters. The van der Waals surface area contributed by atoms with Crippen molar-refractivity contribution in [3.63, 3.8) is 0 Å². The molecule has 108 valence electrons. The summed E-state index contributed by atoms with van der Waals surface area (Å²) in [5.74, 6) is 0. The summed E-state index contributed by atoms with van der Waals surface area (Å²) in [6.07, 6.45) is 0. The van der Waals surface area contributed by atoms with E-state index < -0.39 is 10.0 Å². The Balaban J connectivity index is 2.91. The minimum atomic E-state index is -3.42. The van der Waals surface area contributed by atoms with E-state index in [2.05, 4.69) is 5.32 Å². The molecule has 5 nitrogen and oxygen atoms in total. The van der Waals surface area contributed by atoms with Crippen LogP contribution >= 0.6 is 0 Å². The maximum atomic E-state index is 12.4. The molecule has 0 amide bonds. The van der Waals surface area contributed by atoms with Gasteiger partial charge < -0.3 is 10.1 Å². The Morgan fingerprint density at radius 3 is 2.37 bits per heavy atom. The van der Waals surface area contributed by atoms with Gasteiger partial charge in [0.1, 0.15) is 0 Å². The lowest BCUT2D eigenvalue weighted by Gasteiger charge is -2.20. The third kappa shape index (κ3) is 4.28. The molecule has 0 atom stereocenters. The quantitative estimate of drug-likeness (QED) is 0.776. The Labute approximate surface area is 115 Å². The summed E-state index contributed by atoms with van der Waals surface area (Å²) in [6, 6.07) is 6.95. The Kier molecular flexibility index (Phi) is 6.44. The van der Waals surface area contributed by atoms with Gasteiger partial charge in [0, 0.05) is 26.7 Å². The number of hydrogen-bond acceptors (Lipinski definition) is 4. The first-order valence-electron chi connectivity index (χ1n) is 6.28. The molecule has 0 saturated carbocycles. The van der Waals surface area contributed by atoms with E-state index in [0.717, 1.165) is 12.1 Å². The Bertz CT molecular complexity index is 471. The molecule has 0 radical (unpaired) electrons. The van der Waals surface area contributed by atoms with Crippen LogP contribution in [-0.2, 0) is 21.3 Å². The number of nitrogens with zero attached hydrogens (tertiary/aromatic N) is 1. The van der Waals surface area contributed by atoms with E-state index in [-0.39, 0.29) is 0 Å². The smallest absolute Gasteiger partial charge is 0.243 e. The number of sulfonamides is 1.